The lowest BCUT2D eigenvalue weighted by molar-refractivity contribution is -0.123. The summed E-state index contributed by atoms with van der Waals surface area (Å²) < 4.78 is 6.57. The van der Waals surface area contributed by atoms with Gasteiger partial charge in [0.05, 0.1) is 0 Å². The molecule has 0 atom stereocenters. The van der Waals surface area contributed by atoms with Crippen molar-refractivity contribution in [1.82, 2.24) is 5.32 Å². The average Bonchev–Trinajstić information content (AvgIpc) is 2.41. The number of para-hydroxylation sites is 1. The zero-order valence-corrected chi connectivity index (χ0v) is 12.7. The summed E-state index contributed by atoms with van der Waals surface area (Å²) in [7, 11) is 0. The molecule has 0 heterocycles. The number of ether oxygens (including phenoxy) is 1. The maximum Gasteiger partial charge on any atom is 0.257 e. The first-order valence-corrected chi connectivity index (χ1v) is 7.86. The van der Waals surface area contributed by atoms with Crippen molar-refractivity contribution in [2.24, 2.45) is 0 Å². The lowest BCUT2D eigenvalue weighted by Gasteiger charge is -2.07. The second kappa shape index (κ2) is 10.2. The maximum atomic E-state index is 11.5. The molecule has 0 fully saturated rings. The summed E-state index contributed by atoms with van der Waals surface area (Å²) in [5, 5.41) is 2.86. The standard InChI is InChI=1S/C14H20INO2/c15-10-6-1-2-7-11-16-14(17)12-18-13-8-4-3-5-9-13/h3-5,8-9H,1-2,6-7,10-12H2,(H,16,17). The van der Waals surface area contributed by atoms with E-state index in [1.165, 1.54) is 23.7 Å². The molecular formula is C14H20INO2. The Morgan fingerprint density at radius 3 is 2.56 bits per heavy atom. The Morgan fingerprint density at radius 2 is 1.83 bits per heavy atom. The lowest BCUT2D eigenvalue weighted by atomic mass is 10.2. The van der Waals surface area contributed by atoms with Gasteiger partial charge in [-0.3, -0.25) is 4.79 Å². The number of hydrogen-bond acceptors (Lipinski definition) is 2. The lowest BCUT2D eigenvalue weighted by Crippen LogP contribution is -2.29. The zero-order chi connectivity index (χ0) is 13.1. The van der Waals surface area contributed by atoms with Crippen molar-refractivity contribution in [2.75, 3.05) is 17.6 Å². The van der Waals surface area contributed by atoms with E-state index in [0.29, 0.717) is 0 Å². The molecule has 3 nitrogen and oxygen atoms in total. The Bertz CT molecular complexity index is 330. The number of carbonyl (C=O) groups is 1. The van der Waals surface area contributed by atoms with Crippen LogP contribution in [0.2, 0.25) is 0 Å². The van der Waals surface area contributed by atoms with Crippen LogP contribution in [0.1, 0.15) is 25.7 Å². The summed E-state index contributed by atoms with van der Waals surface area (Å²) >= 11 is 2.39. The van der Waals surface area contributed by atoms with E-state index in [0.717, 1.165) is 18.7 Å². The predicted octanol–water partition coefficient (Wildman–Crippen LogP) is 3.18. The van der Waals surface area contributed by atoms with Gasteiger partial charge in [-0.05, 0) is 29.4 Å². The summed E-state index contributed by atoms with van der Waals surface area (Å²) in [6.07, 6.45) is 4.75. The quantitative estimate of drug-likeness (QED) is 0.417. The summed E-state index contributed by atoms with van der Waals surface area (Å²) in [4.78, 5) is 11.5. The fourth-order valence-corrected chi connectivity index (χ4v) is 2.06. The van der Waals surface area contributed by atoms with Crippen molar-refractivity contribution in [3.05, 3.63) is 30.3 Å². The molecule has 18 heavy (non-hydrogen) atoms. The summed E-state index contributed by atoms with van der Waals surface area (Å²) in [5.74, 6) is 0.683. The molecule has 1 aromatic carbocycles. The van der Waals surface area contributed by atoms with E-state index < -0.39 is 0 Å². The number of unbranched alkanes of at least 4 members (excludes halogenated alkanes) is 3. The molecule has 0 aliphatic rings. The minimum Gasteiger partial charge on any atom is -0.484 e. The zero-order valence-electron chi connectivity index (χ0n) is 10.5. The highest BCUT2D eigenvalue weighted by atomic mass is 127. The summed E-state index contributed by atoms with van der Waals surface area (Å²) in [6, 6.07) is 9.39. The molecule has 0 aromatic heterocycles. The van der Waals surface area contributed by atoms with Gasteiger partial charge in [0.1, 0.15) is 5.75 Å². The Hall–Kier alpha value is -0.780. The van der Waals surface area contributed by atoms with Gasteiger partial charge < -0.3 is 10.1 Å². The fraction of sp³-hybridized carbons (Fsp3) is 0.500. The average molecular weight is 361 g/mol. The maximum absolute atomic E-state index is 11.5. The SMILES string of the molecule is O=C(COc1ccccc1)NCCCCCCI. The van der Waals surface area contributed by atoms with E-state index in [9.17, 15) is 4.79 Å². The van der Waals surface area contributed by atoms with Crippen molar-refractivity contribution >= 4 is 28.5 Å². The highest BCUT2D eigenvalue weighted by Crippen LogP contribution is 2.07. The normalized spacial score (nSPS) is 10.1. The van der Waals surface area contributed by atoms with E-state index in [2.05, 4.69) is 27.9 Å². The van der Waals surface area contributed by atoms with Gasteiger partial charge in [0.15, 0.2) is 6.61 Å². The van der Waals surface area contributed by atoms with Gasteiger partial charge in [-0.2, -0.15) is 0 Å². The topological polar surface area (TPSA) is 38.3 Å². The number of carbonyl (C=O) groups excluding carboxylic acids is 1. The molecule has 1 rings (SSSR count). The number of nitrogens with one attached hydrogen (secondary N) is 1. The number of amides is 1. The Morgan fingerprint density at radius 1 is 1.11 bits per heavy atom. The van der Waals surface area contributed by atoms with E-state index in [1.807, 2.05) is 30.3 Å². The van der Waals surface area contributed by atoms with Gasteiger partial charge in [-0.25, -0.2) is 0 Å². The van der Waals surface area contributed by atoms with Crippen LogP contribution in [0.25, 0.3) is 0 Å². The highest BCUT2D eigenvalue weighted by Gasteiger charge is 2.01. The number of hydrogen-bond donors (Lipinski definition) is 1. The predicted molar refractivity (Wildman–Crippen MR) is 82.3 cm³/mol. The molecular weight excluding hydrogens is 341 g/mol. The van der Waals surface area contributed by atoms with Crippen molar-refractivity contribution in [1.29, 1.82) is 0 Å². The Balaban J connectivity index is 2.01. The van der Waals surface area contributed by atoms with Gasteiger partial charge in [0.2, 0.25) is 0 Å². The number of alkyl halides is 1. The molecule has 0 unspecified atom stereocenters. The van der Waals surface area contributed by atoms with Crippen LogP contribution in [0, 0.1) is 0 Å². The van der Waals surface area contributed by atoms with Crippen LogP contribution in [-0.2, 0) is 4.79 Å². The van der Waals surface area contributed by atoms with Crippen LogP contribution in [0.5, 0.6) is 5.75 Å². The summed E-state index contributed by atoms with van der Waals surface area (Å²) in [5.41, 5.74) is 0. The largest absolute Gasteiger partial charge is 0.484 e. The van der Waals surface area contributed by atoms with Crippen LogP contribution < -0.4 is 10.1 Å². The fourth-order valence-electron chi connectivity index (χ4n) is 1.52. The number of benzene rings is 1. The van der Waals surface area contributed by atoms with Crippen LogP contribution >= 0.6 is 22.6 Å². The third-order valence-electron chi connectivity index (χ3n) is 2.50. The van der Waals surface area contributed by atoms with Gasteiger partial charge in [0, 0.05) is 6.54 Å². The van der Waals surface area contributed by atoms with Gasteiger partial charge in [-0.15, -0.1) is 0 Å². The molecule has 0 bridgehead atoms. The second-order valence-electron chi connectivity index (χ2n) is 4.05. The van der Waals surface area contributed by atoms with Crippen molar-refractivity contribution in [2.45, 2.75) is 25.7 Å². The van der Waals surface area contributed by atoms with Crippen molar-refractivity contribution < 1.29 is 9.53 Å². The van der Waals surface area contributed by atoms with Crippen LogP contribution in [-0.4, -0.2) is 23.5 Å². The molecule has 100 valence electrons. The van der Waals surface area contributed by atoms with Crippen molar-refractivity contribution in [3.8, 4) is 5.75 Å². The van der Waals surface area contributed by atoms with Crippen LogP contribution in [0.4, 0.5) is 0 Å². The smallest absolute Gasteiger partial charge is 0.257 e. The van der Waals surface area contributed by atoms with E-state index in [4.69, 9.17) is 4.74 Å². The molecule has 0 saturated heterocycles. The van der Waals surface area contributed by atoms with E-state index in [1.54, 1.807) is 0 Å². The third kappa shape index (κ3) is 7.53. The third-order valence-corrected chi connectivity index (χ3v) is 3.26. The van der Waals surface area contributed by atoms with Gasteiger partial charge >= 0.3 is 0 Å². The first-order valence-electron chi connectivity index (χ1n) is 6.33. The molecule has 0 saturated carbocycles. The minimum atomic E-state index is -0.0484. The molecule has 1 aromatic rings. The Labute approximate surface area is 122 Å². The molecule has 4 heteroatoms. The van der Waals surface area contributed by atoms with E-state index in [-0.39, 0.29) is 12.5 Å². The summed E-state index contributed by atoms with van der Waals surface area (Å²) in [6.45, 7) is 0.843. The van der Waals surface area contributed by atoms with E-state index >= 15 is 0 Å². The van der Waals surface area contributed by atoms with Gasteiger partial charge in [-0.1, -0.05) is 53.6 Å². The molecule has 1 amide bonds. The second-order valence-corrected chi connectivity index (χ2v) is 5.13. The monoisotopic (exact) mass is 361 g/mol. The molecule has 0 aliphatic carbocycles. The number of halogens is 1. The molecule has 0 aliphatic heterocycles. The van der Waals surface area contributed by atoms with Crippen LogP contribution in [0.3, 0.4) is 0 Å². The highest BCUT2D eigenvalue weighted by molar-refractivity contribution is 14.1. The molecule has 1 N–H and O–H groups in total. The Kier molecular flexibility index (Phi) is 8.63. The molecule has 0 radical (unpaired) electrons. The minimum absolute atomic E-state index is 0.0484. The number of rotatable bonds is 9. The first kappa shape index (κ1) is 15.3. The molecule has 0 spiro atoms. The van der Waals surface area contributed by atoms with Gasteiger partial charge in [0.25, 0.3) is 5.91 Å². The van der Waals surface area contributed by atoms with Crippen LogP contribution in [0.15, 0.2) is 30.3 Å². The van der Waals surface area contributed by atoms with Crippen molar-refractivity contribution in [3.63, 3.8) is 0 Å². The first-order chi connectivity index (χ1) is 8.83.